The summed E-state index contributed by atoms with van der Waals surface area (Å²) in [5.41, 5.74) is 2.16. The number of hydrogen-bond donors (Lipinski definition) is 2. The van der Waals surface area contributed by atoms with E-state index in [2.05, 4.69) is 30.5 Å². The normalized spacial score (nSPS) is 13.8. The molecule has 0 atom stereocenters. The highest BCUT2D eigenvalue weighted by Crippen LogP contribution is 2.24. The number of carbonyl (C=O) groups is 2. The molecule has 5 heteroatoms. The van der Waals surface area contributed by atoms with E-state index in [1.807, 2.05) is 19.1 Å². The van der Waals surface area contributed by atoms with Crippen LogP contribution in [0.2, 0.25) is 0 Å². The number of hydrogen-bond acceptors (Lipinski definition) is 3. The number of carbonyl (C=O) groups excluding carboxylic acids is 2. The molecule has 0 bridgehead atoms. The molecule has 0 aliphatic heterocycles. The number of amides is 2. The van der Waals surface area contributed by atoms with Crippen LogP contribution in [-0.4, -0.2) is 31.0 Å². The summed E-state index contributed by atoms with van der Waals surface area (Å²) >= 11 is 0. The maximum Gasteiger partial charge on any atom is 0.258 e. The summed E-state index contributed by atoms with van der Waals surface area (Å²) < 4.78 is 5.57. The predicted octanol–water partition coefficient (Wildman–Crippen LogP) is 1.89. The average Bonchev–Trinajstić information content (AvgIpc) is 3.27. The van der Waals surface area contributed by atoms with Gasteiger partial charge in [-0.25, -0.2) is 0 Å². The Bertz CT molecular complexity index is 551. The van der Waals surface area contributed by atoms with Gasteiger partial charge < -0.3 is 15.4 Å². The SMILES string of the molecule is Cc1ccc(C(C)C)cc1OCC(=O)NCC(=O)NC1CC1. The Morgan fingerprint density at radius 1 is 1.27 bits per heavy atom. The van der Waals surface area contributed by atoms with Gasteiger partial charge >= 0.3 is 0 Å². The van der Waals surface area contributed by atoms with E-state index in [1.165, 1.54) is 5.56 Å². The van der Waals surface area contributed by atoms with Crippen LogP contribution in [0.15, 0.2) is 18.2 Å². The van der Waals surface area contributed by atoms with E-state index in [0.717, 1.165) is 18.4 Å². The molecule has 2 N–H and O–H groups in total. The molecule has 1 aromatic carbocycles. The Morgan fingerprint density at radius 2 is 2.00 bits per heavy atom. The molecule has 5 nitrogen and oxygen atoms in total. The molecule has 0 heterocycles. The second kappa shape index (κ2) is 7.29. The first-order valence-corrected chi connectivity index (χ1v) is 7.75. The molecule has 0 saturated heterocycles. The third-order valence-electron chi connectivity index (χ3n) is 3.63. The van der Waals surface area contributed by atoms with Crippen molar-refractivity contribution in [1.29, 1.82) is 0 Å². The summed E-state index contributed by atoms with van der Waals surface area (Å²) in [5.74, 6) is 0.681. The number of rotatable bonds is 7. The first-order chi connectivity index (χ1) is 10.5. The van der Waals surface area contributed by atoms with Crippen molar-refractivity contribution >= 4 is 11.8 Å². The summed E-state index contributed by atoms with van der Waals surface area (Å²) in [4.78, 5) is 23.2. The van der Waals surface area contributed by atoms with Gasteiger partial charge in [-0.2, -0.15) is 0 Å². The van der Waals surface area contributed by atoms with Crippen LogP contribution < -0.4 is 15.4 Å². The fourth-order valence-corrected chi connectivity index (χ4v) is 2.01. The maximum atomic E-state index is 11.7. The molecule has 1 aliphatic rings. The van der Waals surface area contributed by atoms with Crippen LogP contribution in [0.1, 0.15) is 43.7 Å². The van der Waals surface area contributed by atoms with Crippen LogP contribution in [0.4, 0.5) is 0 Å². The molecule has 1 saturated carbocycles. The van der Waals surface area contributed by atoms with Gasteiger partial charge in [0.2, 0.25) is 5.91 Å². The Hall–Kier alpha value is -2.04. The first-order valence-electron chi connectivity index (χ1n) is 7.75. The number of benzene rings is 1. The summed E-state index contributed by atoms with van der Waals surface area (Å²) in [6.45, 7) is 6.09. The molecule has 120 valence electrons. The van der Waals surface area contributed by atoms with E-state index in [4.69, 9.17) is 4.74 Å². The molecule has 2 amide bonds. The smallest absolute Gasteiger partial charge is 0.258 e. The van der Waals surface area contributed by atoms with Crippen molar-refractivity contribution in [2.24, 2.45) is 0 Å². The molecule has 0 spiro atoms. The summed E-state index contributed by atoms with van der Waals surface area (Å²) in [7, 11) is 0. The lowest BCUT2D eigenvalue weighted by atomic mass is 10.0. The van der Waals surface area contributed by atoms with Crippen LogP contribution in [0.5, 0.6) is 5.75 Å². The largest absolute Gasteiger partial charge is 0.483 e. The van der Waals surface area contributed by atoms with Gasteiger partial charge in [0.1, 0.15) is 5.75 Å². The van der Waals surface area contributed by atoms with Gasteiger partial charge in [0, 0.05) is 6.04 Å². The van der Waals surface area contributed by atoms with Gasteiger partial charge in [-0.15, -0.1) is 0 Å². The zero-order valence-electron chi connectivity index (χ0n) is 13.4. The summed E-state index contributed by atoms with van der Waals surface area (Å²) in [6, 6.07) is 6.33. The molecule has 1 aliphatic carbocycles. The van der Waals surface area contributed by atoms with Gasteiger partial charge in [-0.1, -0.05) is 26.0 Å². The van der Waals surface area contributed by atoms with Crippen molar-refractivity contribution in [1.82, 2.24) is 10.6 Å². The fraction of sp³-hybridized carbons (Fsp3) is 0.529. The highest BCUT2D eigenvalue weighted by Gasteiger charge is 2.23. The molecule has 1 aromatic rings. The highest BCUT2D eigenvalue weighted by molar-refractivity contribution is 5.85. The maximum absolute atomic E-state index is 11.7. The second-order valence-corrected chi connectivity index (χ2v) is 6.09. The molecule has 0 unspecified atom stereocenters. The Labute approximate surface area is 131 Å². The zero-order valence-corrected chi connectivity index (χ0v) is 13.4. The number of ether oxygens (including phenoxy) is 1. The van der Waals surface area contributed by atoms with Gasteiger partial charge in [0.05, 0.1) is 6.54 Å². The molecule has 0 aromatic heterocycles. The lowest BCUT2D eigenvalue weighted by Crippen LogP contribution is -2.39. The Balaban J connectivity index is 1.77. The van der Waals surface area contributed by atoms with E-state index in [-0.39, 0.29) is 25.0 Å². The molecule has 2 rings (SSSR count). The average molecular weight is 304 g/mol. The molecule has 22 heavy (non-hydrogen) atoms. The molecule has 0 radical (unpaired) electrons. The fourth-order valence-electron chi connectivity index (χ4n) is 2.01. The quantitative estimate of drug-likeness (QED) is 0.808. The topological polar surface area (TPSA) is 67.4 Å². The van der Waals surface area contributed by atoms with E-state index >= 15 is 0 Å². The van der Waals surface area contributed by atoms with Crippen molar-refractivity contribution in [2.75, 3.05) is 13.2 Å². The van der Waals surface area contributed by atoms with Gasteiger partial charge in [0.25, 0.3) is 5.91 Å². The Morgan fingerprint density at radius 3 is 2.64 bits per heavy atom. The number of nitrogens with one attached hydrogen (secondary N) is 2. The van der Waals surface area contributed by atoms with Crippen molar-refractivity contribution in [2.45, 2.75) is 45.6 Å². The second-order valence-electron chi connectivity index (χ2n) is 6.09. The van der Waals surface area contributed by atoms with Crippen molar-refractivity contribution in [3.05, 3.63) is 29.3 Å². The first kappa shape index (κ1) is 16.3. The van der Waals surface area contributed by atoms with Crippen LogP contribution in [0, 0.1) is 6.92 Å². The van der Waals surface area contributed by atoms with Crippen LogP contribution in [0.25, 0.3) is 0 Å². The Kier molecular flexibility index (Phi) is 5.41. The summed E-state index contributed by atoms with van der Waals surface area (Å²) in [6.07, 6.45) is 2.07. The lowest BCUT2D eigenvalue weighted by molar-refractivity contribution is -0.127. The monoisotopic (exact) mass is 304 g/mol. The van der Waals surface area contributed by atoms with E-state index in [1.54, 1.807) is 0 Å². The van der Waals surface area contributed by atoms with Gasteiger partial charge in [-0.3, -0.25) is 9.59 Å². The highest BCUT2D eigenvalue weighted by atomic mass is 16.5. The van der Waals surface area contributed by atoms with E-state index < -0.39 is 0 Å². The van der Waals surface area contributed by atoms with Crippen molar-refractivity contribution in [3.63, 3.8) is 0 Å². The predicted molar refractivity (Wildman–Crippen MR) is 84.9 cm³/mol. The van der Waals surface area contributed by atoms with Crippen molar-refractivity contribution < 1.29 is 14.3 Å². The van der Waals surface area contributed by atoms with Crippen LogP contribution in [-0.2, 0) is 9.59 Å². The van der Waals surface area contributed by atoms with Gasteiger partial charge in [0.15, 0.2) is 6.61 Å². The summed E-state index contributed by atoms with van der Waals surface area (Å²) in [5, 5.41) is 5.38. The lowest BCUT2D eigenvalue weighted by Gasteiger charge is -2.13. The molecular formula is C17H24N2O3. The molecule has 1 fully saturated rings. The van der Waals surface area contributed by atoms with E-state index in [9.17, 15) is 9.59 Å². The van der Waals surface area contributed by atoms with Crippen LogP contribution >= 0.6 is 0 Å². The van der Waals surface area contributed by atoms with Gasteiger partial charge in [-0.05, 0) is 42.9 Å². The standard InChI is InChI=1S/C17H24N2O3/c1-11(2)13-5-4-12(3)15(8-13)22-10-17(21)18-9-16(20)19-14-6-7-14/h4-5,8,11,14H,6-7,9-10H2,1-3H3,(H,18,21)(H,19,20). The van der Waals surface area contributed by atoms with E-state index in [0.29, 0.717) is 17.7 Å². The number of aryl methyl sites for hydroxylation is 1. The minimum atomic E-state index is -0.291. The minimum Gasteiger partial charge on any atom is -0.483 e. The van der Waals surface area contributed by atoms with Crippen LogP contribution in [0.3, 0.4) is 0 Å². The molecular weight excluding hydrogens is 280 g/mol. The zero-order chi connectivity index (χ0) is 16.1. The minimum absolute atomic E-state index is 0.00368. The van der Waals surface area contributed by atoms with Crippen molar-refractivity contribution in [3.8, 4) is 5.75 Å². The third-order valence-corrected chi connectivity index (χ3v) is 3.63. The third kappa shape index (κ3) is 5.06.